The zero-order valence-electron chi connectivity index (χ0n) is 26.7. The van der Waals surface area contributed by atoms with Crippen LogP contribution in [0.25, 0.3) is 0 Å². The highest BCUT2D eigenvalue weighted by molar-refractivity contribution is 5.97. The van der Waals surface area contributed by atoms with Crippen molar-refractivity contribution < 1.29 is 18.9 Å². The number of nitrogens with zero attached hydrogens (tertiary/aromatic N) is 3. The smallest absolute Gasteiger partial charge is 0.266 e. The Morgan fingerprint density at radius 2 is 0.825 bits per heavy atom. The number of carbonyl (C=O) groups is 3. The number of unbranched alkanes of at least 4 members (excludes halogenated alkanes) is 18. The number of aromatic amines is 1. The standard InChI is InChI=1S/C31H60NO3.C2H3N3/c1-5-8-11-14-17-20-23-26-29(33)32(4,30(34)27-24-21-18-15-12-9-6-2)31(35)28-25-22-19-16-13-10-7-3;1-3-2-5-4-1/h5-28H2,1-4H3;1-2H,(H,3,4,5)/q+1;. The van der Waals surface area contributed by atoms with Gasteiger partial charge in [-0.05, 0) is 19.3 Å². The molecule has 0 radical (unpaired) electrons. The van der Waals surface area contributed by atoms with Gasteiger partial charge in [0.15, 0.2) is 0 Å². The van der Waals surface area contributed by atoms with Crippen LogP contribution in [0.2, 0.25) is 0 Å². The van der Waals surface area contributed by atoms with Gasteiger partial charge >= 0.3 is 17.7 Å². The van der Waals surface area contributed by atoms with E-state index in [-0.39, 0.29) is 17.7 Å². The summed E-state index contributed by atoms with van der Waals surface area (Å²) < 4.78 is -0.596. The minimum absolute atomic E-state index is 0.181. The van der Waals surface area contributed by atoms with Gasteiger partial charge in [-0.2, -0.15) is 5.10 Å². The predicted molar refractivity (Wildman–Crippen MR) is 165 cm³/mol. The summed E-state index contributed by atoms with van der Waals surface area (Å²) in [5.74, 6) is -0.543. The van der Waals surface area contributed by atoms with Gasteiger partial charge in [-0.3, -0.25) is 5.10 Å². The summed E-state index contributed by atoms with van der Waals surface area (Å²) in [4.78, 5) is 43.2. The van der Waals surface area contributed by atoms with Crippen molar-refractivity contribution in [1.29, 1.82) is 0 Å². The van der Waals surface area contributed by atoms with Crippen LogP contribution >= 0.6 is 0 Å². The molecule has 40 heavy (non-hydrogen) atoms. The van der Waals surface area contributed by atoms with Gasteiger partial charge in [-0.15, -0.1) is 4.48 Å². The summed E-state index contributed by atoms with van der Waals surface area (Å²) in [5.41, 5.74) is 0. The molecule has 0 atom stereocenters. The van der Waals surface area contributed by atoms with Crippen LogP contribution in [-0.2, 0) is 14.4 Å². The topological polar surface area (TPSA) is 92.8 Å². The molecular formula is C33H63N4O3+. The fourth-order valence-electron chi connectivity index (χ4n) is 4.95. The molecule has 1 aromatic heterocycles. The van der Waals surface area contributed by atoms with E-state index in [1.165, 1.54) is 89.7 Å². The number of hydrogen-bond donors (Lipinski definition) is 1. The fourth-order valence-corrected chi connectivity index (χ4v) is 4.95. The molecule has 3 amide bonds. The van der Waals surface area contributed by atoms with E-state index < -0.39 is 4.48 Å². The number of imide groups is 3. The van der Waals surface area contributed by atoms with Crippen molar-refractivity contribution in [2.24, 2.45) is 0 Å². The first kappa shape index (κ1) is 38.1. The molecule has 0 fully saturated rings. The first-order chi connectivity index (χ1) is 19.4. The van der Waals surface area contributed by atoms with E-state index in [0.29, 0.717) is 19.3 Å². The molecule has 7 nitrogen and oxygen atoms in total. The number of nitrogens with one attached hydrogen (secondary N) is 1. The van der Waals surface area contributed by atoms with Crippen LogP contribution in [0.5, 0.6) is 0 Å². The SMILES string of the molecule is CCCCCCCCCC(=O)[N+](C)(C(=O)CCCCCCCCC)C(=O)CCCCCCCCC.c1nc[nH]n1. The molecule has 0 unspecified atom stereocenters. The summed E-state index contributed by atoms with van der Waals surface area (Å²) in [6.45, 7) is 6.64. The number of amides is 3. The van der Waals surface area contributed by atoms with Gasteiger partial charge in [-0.1, -0.05) is 136 Å². The molecule has 0 aliphatic carbocycles. The number of carbonyl (C=O) groups excluding carboxylic acids is 3. The summed E-state index contributed by atoms with van der Waals surface area (Å²) in [6.07, 6.45) is 27.7. The molecule has 0 aliphatic heterocycles. The third-order valence-electron chi connectivity index (χ3n) is 7.81. The maximum absolute atomic E-state index is 13.2. The van der Waals surface area contributed by atoms with Crippen LogP contribution in [0, 0.1) is 0 Å². The summed E-state index contributed by atoms with van der Waals surface area (Å²) >= 11 is 0. The third-order valence-corrected chi connectivity index (χ3v) is 7.81. The van der Waals surface area contributed by atoms with Crippen LogP contribution in [-0.4, -0.2) is 44.4 Å². The van der Waals surface area contributed by atoms with Gasteiger partial charge in [0.2, 0.25) is 0 Å². The summed E-state index contributed by atoms with van der Waals surface area (Å²) in [5, 5.41) is 5.99. The van der Waals surface area contributed by atoms with E-state index in [9.17, 15) is 14.4 Å². The van der Waals surface area contributed by atoms with Crippen LogP contribution in [0.1, 0.15) is 175 Å². The van der Waals surface area contributed by atoms with E-state index in [0.717, 1.165) is 57.8 Å². The zero-order valence-corrected chi connectivity index (χ0v) is 26.7. The van der Waals surface area contributed by atoms with E-state index in [1.807, 2.05) is 0 Å². The van der Waals surface area contributed by atoms with Crippen LogP contribution < -0.4 is 0 Å². The van der Waals surface area contributed by atoms with Crippen molar-refractivity contribution in [3.8, 4) is 0 Å². The quantitative estimate of drug-likeness (QED) is 0.0999. The second kappa shape index (κ2) is 27.3. The molecule has 0 aromatic carbocycles. The Labute approximate surface area is 246 Å². The lowest BCUT2D eigenvalue weighted by Crippen LogP contribution is -2.57. The number of quaternary nitrogens is 1. The first-order valence-corrected chi connectivity index (χ1v) is 16.7. The van der Waals surface area contributed by atoms with Gasteiger partial charge in [0.25, 0.3) is 0 Å². The van der Waals surface area contributed by atoms with E-state index in [4.69, 9.17) is 0 Å². The zero-order chi connectivity index (χ0) is 29.7. The van der Waals surface area contributed by atoms with Crippen molar-refractivity contribution >= 4 is 17.7 Å². The summed E-state index contributed by atoms with van der Waals surface area (Å²) in [6, 6.07) is 0. The lowest BCUT2D eigenvalue weighted by molar-refractivity contribution is -0.681. The normalized spacial score (nSPS) is 11.2. The maximum atomic E-state index is 13.2. The molecule has 0 spiro atoms. The highest BCUT2D eigenvalue weighted by atomic mass is 16.2. The molecule has 1 heterocycles. The average Bonchev–Trinajstić information content (AvgIpc) is 3.55. The van der Waals surface area contributed by atoms with Crippen LogP contribution in [0.15, 0.2) is 12.7 Å². The third kappa shape index (κ3) is 19.2. The minimum Gasteiger partial charge on any atom is -0.266 e. The summed E-state index contributed by atoms with van der Waals surface area (Å²) in [7, 11) is 1.59. The second-order valence-corrected chi connectivity index (χ2v) is 11.5. The molecule has 0 saturated carbocycles. The van der Waals surface area contributed by atoms with E-state index in [1.54, 1.807) is 7.05 Å². The fraction of sp³-hybridized carbons (Fsp3) is 0.848. The molecule has 0 saturated heterocycles. The molecule has 1 aromatic rings. The Kier molecular flexibility index (Phi) is 26.0. The van der Waals surface area contributed by atoms with Crippen LogP contribution in [0.3, 0.4) is 0 Å². The molecule has 0 bridgehead atoms. The molecule has 1 rings (SSSR count). The Morgan fingerprint density at radius 3 is 1.05 bits per heavy atom. The molecule has 7 heteroatoms. The van der Waals surface area contributed by atoms with Gasteiger partial charge in [0.05, 0.1) is 26.3 Å². The monoisotopic (exact) mass is 563 g/mol. The molecule has 0 aliphatic rings. The van der Waals surface area contributed by atoms with Gasteiger partial charge in [-0.25, -0.2) is 19.4 Å². The minimum atomic E-state index is -0.596. The van der Waals surface area contributed by atoms with Crippen molar-refractivity contribution in [1.82, 2.24) is 15.2 Å². The number of hydrogen-bond acceptors (Lipinski definition) is 5. The number of rotatable bonds is 24. The van der Waals surface area contributed by atoms with Gasteiger partial charge in [0.1, 0.15) is 12.7 Å². The van der Waals surface area contributed by atoms with E-state index in [2.05, 4.69) is 36.0 Å². The van der Waals surface area contributed by atoms with Crippen molar-refractivity contribution in [3.05, 3.63) is 12.7 Å². The van der Waals surface area contributed by atoms with Crippen molar-refractivity contribution in [3.63, 3.8) is 0 Å². The van der Waals surface area contributed by atoms with E-state index >= 15 is 0 Å². The lowest BCUT2D eigenvalue weighted by atomic mass is 10.0. The average molecular weight is 564 g/mol. The van der Waals surface area contributed by atoms with Gasteiger partial charge in [0, 0.05) is 0 Å². The largest absolute Gasteiger partial charge is 0.328 e. The molecule has 232 valence electrons. The number of aromatic nitrogens is 3. The van der Waals surface area contributed by atoms with Crippen molar-refractivity contribution in [2.75, 3.05) is 7.05 Å². The Hall–Kier alpha value is -1.89. The Balaban J connectivity index is 0.00000271. The maximum Gasteiger partial charge on any atom is 0.328 e. The number of H-pyrrole nitrogens is 1. The van der Waals surface area contributed by atoms with Gasteiger partial charge < -0.3 is 0 Å². The lowest BCUT2D eigenvalue weighted by Gasteiger charge is -2.26. The Morgan fingerprint density at radius 1 is 0.525 bits per heavy atom. The highest BCUT2D eigenvalue weighted by Gasteiger charge is 2.45. The van der Waals surface area contributed by atoms with Crippen molar-refractivity contribution in [2.45, 2.75) is 175 Å². The molecular weight excluding hydrogens is 500 g/mol. The Bertz CT molecular complexity index is 630. The first-order valence-electron chi connectivity index (χ1n) is 16.7. The second-order valence-electron chi connectivity index (χ2n) is 11.5. The predicted octanol–water partition coefficient (Wildman–Crippen LogP) is 9.24. The highest BCUT2D eigenvalue weighted by Crippen LogP contribution is 2.20. The molecule has 1 N–H and O–H groups in total. The van der Waals surface area contributed by atoms with Crippen LogP contribution in [0.4, 0.5) is 0 Å².